The zero-order valence-electron chi connectivity index (χ0n) is 17.5. The van der Waals surface area contributed by atoms with Crippen LogP contribution in [0.25, 0.3) is 21.3 Å². The molecule has 0 radical (unpaired) electrons. The van der Waals surface area contributed by atoms with Crippen LogP contribution in [0.2, 0.25) is 0 Å². The van der Waals surface area contributed by atoms with Gasteiger partial charge in [-0.1, -0.05) is 35.6 Å². The van der Waals surface area contributed by atoms with Crippen LogP contribution in [0.5, 0.6) is 0 Å². The van der Waals surface area contributed by atoms with Crippen molar-refractivity contribution in [1.82, 2.24) is 9.55 Å². The predicted molar refractivity (Wildman–Crippen MR) is 121 cm³/mol. The first-order valence-electron chi connectivity index (χ1n) is 10.4. The van der Waals surface area contributed by atoms with E-state index in [-0.39, 0.29) is 18.6 Å². The van der Waals surface area contributed by atoms with Crippen molar-refractivity contribution in [3.63, 3.8) is 0 Å². The molecule has 31 heavy (non-hydrogen) atoms. The number of carbonyl (C=O) groups excluding carboxylic acids is 1. The summed E-state index contributed by atoms with van der Waals surface area (Å²) in [6.07, 6.45) is 1.86. The Morgan fingerprint density at radius 2 is 2.03 bits per heavy atom. The minimum Gasteiger partial charge on any atom is -0.408 e. The molecule has 0 bridgehead atoms. The summed E-state index contributed by atoms with van der Waals surface area (Å²) >= 11 is 1.51. The van der Waals surface area contributed by atoms with Gasteiger partial charge in [0.25, 0.3) is 0 Å². The van der Waals surface area contributed by atoms with Crippen molar-refractivity contribution in [2.75, 3.05) is 18.1 Å². The van der Waals surface area contributed by atoms with Gasteiger partial charge < -0.3 is 9.15 Å². The molecule has 5 rings (SSSR count). The first kappa shape index (κ1) is 20.0. The lowest BCUT2D eigenvalue weighted by atomic mass is 10.1. The summed E-state index contributed by atoms with van der Waals surface area (Å²) in [5.41, 5.74) is 4.19. The molecule has 0 saturated carbocycles. The number of aryl methyl sites for hydroxylation is 2. The van der Waals surface area contributed by atoms with Crippen molar-refractivity contribution in [1.29, 1.82) is 0 Å². The van der Waals surface area contributed by atoms with E-state index in [2.05, 4.69) is 6.07 Å². The number of nitrogens with zero attached hydrogens (tertiary/aromatic N) is 3. The second-order valence-electron chi connectivity index (χ2n) is 7.93. The van der Waals surface area contributed by atoms with E-state index in [1.807, 2.05) is 26.0 Å². The Morgan fingerprint density at radius 3 is 2.81 bits per heavy atom. The number of rotatable bonds is 5. The van der Waals surface area contributed by atoms with Gasteiger partial charge in [0, 0.05) is 6.61 Å². The molecule has 8 heteroatoms. The maximum atomic E-state index is 13.5. The van der Waals surface area contributed by atoms with E-state index < -0.39 is 5.76 Å². The molecular formula is C23H23N3O4S. The fourth-order valence-corrected chi connectivity index (χ4v) is 5.16. The average Bonchev–Trinajstić information content (AvgIpc) is 3.49. The highest BCUT2D eigenvalue weighted by Crippen LogP contribution is 2.34. The highest BCUT2D eigenvalue weighted by atomic mass is 32.1. The van der Waals surface area contributed by atoms with Crippen molar-refractivity contribution in [3.05, 3.63) is 58.1 Å². The van der Waals surface area contributed by atoms with E-state index in [9.17, 15) is 9.59 Å². The molecule has 7 nitrogen and oxygen atoms in total. The van der Waals surface area contributed by atoms with Gasteiger partial charge in [-0.05, 0) is 49.9 Å². The van der Waals surface area contributed by atoms with Crippen LogP contribution in [0.3, 0.4) is 0 Å². The number of ether oxygens (including phenoxy) is 1. The Hall–Kier alpha value is -2.97. The topological polar surface area (TPSA) is 77.6 Å². The fraction of sp³-hybridized carbons (Fsp3) is 0.348. The normalized spacial score (nSPS) is 16.4. The number of hydrogen-bond acceptors (Lipinski definition) is 6. The van der Waals surface area contributed by atoms with Crippen LogP contribution in [-0.2, 0) is 16.1 Å². The minimum atomic E-state index is -0.539. The standard InChI is InChI=1S/C23H23N3O4S/c1-14-9-10-15(2)21-20(14)24-22(31-21)26(12-16-6-5-11-29-16)19(27)13-25-17-7-3-4-8-18(17)30-23(25)28/h3-4,7-10,16H,5-6,11-13H2,1-2H3/t16-/m0/s1. The van der Waals surface area contributed by atoms with E-state index in [1.54, 1.807) is 23.1 Å². The molecule has 3 heterocycles. The molecule has 1 aliphatic heterocycles. The summed E-state index contributed by atoms with van der Waals surface area (Å²) in [4.78, 5) is 32.4. The lowest BCUT2D eigenvalue weighted by Crippen LogP contribution is -2.40. The molecule has 0 aliphatic carbocycles. The fourth-order valence-electron chi connectivity index (χ4n) is 4.03. The summed E-state index contributed by atoms with van der Waals surface area (Å²) in [5, 5.41) is 0.633. The number of fused-ring (bicyclic) bond motifs is 2. The number of anilines is 1. The second-order valence-corrected chi connectivity index (χ2v) is 8.91. The Morgan fingerprint density at radius 1 is 1.23 bits per heavy atom. The average molecular weight is 438 g/mol. The summed E-state index contributed by atoms with van der Waals surface area (Å²) in [5.74, 6) is -0.749. The van der Waals surface area contributed by atoms with Crippen molar-refractivity contribution >= 4 is 43.7 Å². The van der Waals surface area contributed by atoms with Crippen LogP contribution >= 0.6 is 11.3 Å². The molecule has 0 N–H and O–H groups in total. The quantitative estimate of drug-likeness (QED) is 0.471. The maximum Gasteiger partial charge on any atom is 0.420 e. The van der Waals surface area contributed by atoms with E-state index in [1.165, 1.54) is 15.9 Å². The van der Waals surface area contributed by atoms with Crippen LogP contribution < -0.4 is 10.7 Å². The number of carbonyl (C=O) groups is 1. The molecule has 4 aromatic rings. The van der Waals surface area contributed by atoms with Crippen LogP contribution in [0.1, 0.15) is 24.0 Å². The van der Waals surface area contributed by atoms with Gasteiger partial charge in [-0.25, -0.2) is 9.78 Å². The van der Waals surface area contributed by atoms with Crippen molar-refractivity contribution in [2.24, 2.45) is 0 Å². The number of oxazole rings is 1. The third-order valence-electron chi connectivity index (χ3n) is 5.74. The molecule has 0 unspecified atom stereocenters. The number of amides is 1. The van der Waals surface area contributed by atoms with Gasteiger partial charge in [0.1, 0.15) is 6.54 Å². The molecule has 2 aromatic carbocycles. The molecule has 1 amide bonds. The predicted octanol–water partition coefficient (Wildman–Crippen LogP) is 4.03. The number of benzene rings is 2. The SMILES string of the molecule is Cc1ccc(C)c2sc(N(C[C@@H]3CCCO3)C(=O)Cn3c(=O)oc4ccccc43)nc12. The second kappa shape index (κ2) is 7.94. The van der Waals surface area contributed by atoms with Crippen LogP contribution in [0, 0.1) is 13.8 Å². The van der Waals surface area contributed by atoms with E-state index in [0.29, 0.717) is 29.4 Å². The lowest BCUT2D eigenvalue weighted by molar-refractivity contribution is -0.119. The van der Waals surface area contributed by atoms with Gasteiger partial charge in [0.15, 0.2) is 10.7 Å². The molecule has 1 aliphatic rings. The van der Waals surface area contributed by atoms with Gasteiger partial charge in [-0.15, -0.1) is 0 Å². The molecule has 1 atom stereocenters. The first-order chi connectivity index (χ1) is 15.0. The highest BCUT2D eigenvalue weighted by molar-refractivity contribution is 7.22. The Balaban J connectivity index is 1.53. The smallest absolute Gasteiger partial charge is 0.408 e. The first-order valence-corrected chi connectivity index (χ1v) is 11.2. The third kappa shape index (κ3) is 3.66. The maximum absolute atomic E-state index is 13.5. The Bertz CT molecular complexity index is 1290. The van der Waals surface area contributed by atoms with Gasteiger partial charge in [0.2, 0.25) is 5.91 Å². The molecule has 160 valence electrons. The van der Waals surface area contributed by atoms with E-state index in [4.69, 9.17) is 14.1 Å². The molecule has 1 fully saturated rings. The Kier molecular flexibility index (Phi) is 5.11. The van der Waals surface area contributed by atoms with E-state index in [0.717, 1.165) is 34.2 Å². The molecular weight excluding hydrogens is 414 g/mol. The van der Waals surface area contributed by atoms with Gasteiger partial charge >= 0.3 is 5.76 Å². The zero-order valence-corrected chi connectivity index (χ0v) is 18.3. The number of hydrogen-bond donors (Lipinski definition) is 0. The number of thiazole rings is 1. The van der Waals surface area contributed by atoms with Crippen molar-refractivity contribution in [2.45, 2.75) is 39.3 Å². The summed E-state index contributed by atoms with van der Waals surface area (Å²) < 4.78 is 13.6. The molecule has 2 aromatic heterocycles. The lowest BCUT2D eigenvalue weighted by Gasteiger charge is -2.23. The third-order valence-corrected chi connectivity index (χ3v) is 6.95. The van der Waals surface area contributed by atoms with E-state index >= 15 is 0 Å². The highest BCUT2D eigenvalue weighted by Gasteiger charge is 2.27. The van der Waals surface area contributed by atoms with Crippen molar-refractivity contribution in [3.8, 4) is 0 Å². The monoisotopic (exact) mass is 437 g/mol. The number of aromatic nitrogens is 2. The summed E-state index contributed by atoms with van der Waals surface area (Å²) in [6, 6.07) is 11.2. The zero-order chi connectivity index (χ0) is 21.5. The van der Waals surface area contributed by atoms with Gasteiger partial charge in [-0.2, -0.15) is 0 Å². The van der Waals surface area contributed by atoms with Crippen molar-refractivity contribution < 1.29 is 13.9 Å². The summed E-state index contributed by atoms with van der Waals surface area (Å²) in [6.45, 7) is 5.08. The Labute approximate surface area is 182 Å². The molecule has 0 spiro atoms. The van der Waals surface area contributed by atoms with Crippen LogP contribution in [0.15, 0.2) is 45.6 Å². The van der Waals surface area contributed by atoms with Crippen LogP contribution in [-0.4, -0.2) is 34.7 Å². The number of para-hydroxylation sites is 2. The minimum absolute atomic E-state index is 0.0315. The largest absolute Gasteiger partial charge is 0.420 e. The van der Waals surface area contributed by atoms with Gasteiger partial charge in [-0.3, -0.25) is 14.3 Å². The summed E-state index contributed by atoms with van der Waals surface area (Å²) in [7, 11) is 0. The van der Waals surface area contributed by atoms with Crippen LogP contribution in [0.4, 0.5) is 5.13 Å². The van der Waals surface area contributed by atoms with Gasteiger partial charge in [0.05, 0.1) is 28.4 Å². The molecule has 1 saturated heterocycles.